The molecule has 1 aliphatic heterocycles. The number of carbonyl (C=O) groups is 1. The van der Waals surface area contributed by atoms with E-state index in [4.69, 9.17) is 0 Å². The average molecular weight is 187 g/mol. The van der Waals surface area contributed by atoms with E-state index in [9.17, 15) is 4.79 Å². The van der Waals surface area contributed by atoms with Gasteiger partial charge in [0.2, 0.25) is 0 Å². The van der Waals surface area contributed by atoms with Crippen molar-refractivity contribution in [2.24, 2.45) is 11.8 Å². The zero-order chi connectivity index (χ0) is 9.54. The zero-order valence-electron chi connectivity index (χ0n) is 8.02. The molecule has 2 heteroatoms. The van der Waals surface area contributed by atoms with Gasteiger partial charge in [-0.15, -0.1) is 0 Å². The van der Waals surface area contributed by atoms with Crippen LogP contribution in [0.2, 0.25) is 0 Å². The van der Waals surface area contributed by atoms with Crippen molar-refractivity contribution in [2.45, 2.75) is 6.42 Å². The second kappa shape index (κ2) is 2.84. The van der Waals surface area contributed by atoms with E-state index >= 15 is 0 Å². The molecule has 0 aromatic heterocycles. The van der Waals surface area contributed by atoms with E-state index in [0.29, 0.717) is 0 Å². The highest BCUT2D eigenvalue weighted by Gasteiger charge is 2.44. The molecule has 1 aromatic carbocycles. The van der Waals surface area contributed by atoms with Crippen LogP contribution in [-0.2, 0) is 0 Å². The second-order valence-corrected chi connectivity index (χ2v) is 4.37. The molecule has 3 rings (SSSR count). The summed E-state index contributed by atoms with van der Waals surface area (Å²) >= 11 is 0. The third kappa shape index (κ3) is 1.22. The first-order valence-corrected chi connectivity index (χ1v) is 5.17. The summed E-state index contributed by atoms with van der Waals surface area (Å²) in [4.78, 5) is 12.9. The molecule has 1 saturated carbocycles. The number of nitrogens with zero attached hydrogens (tertiary/aromatic N) is 1. The van der Waals surface area contributed by atoms with Gasteiger partial charge in [0, 0.05) is 24.3 Å². The highest BCUT2D eigenvalue weighted by molar-refractivity contribution is 5.75. The Morgan fingerprint density at radius 1 is 1.14 bits per heavy atom. The third-order valence-corrected chi connectivity index (χ3v) is 3.37. The van der Waals surface area contributed by atoms with E-state index < -0.39 is 0 Å². The molecule has 1 heterocycles. The summed E-state index contributed by atoms with van der Waals surface area (Å²) in [5, 5.41) is 0. The lowest BCUT2D eigenvalue weighted by molar-refractivity contribution is 0.112. The fourth-order valence-corrected chi connectivity index (χ4v) is 2.37. The van der Waals surface area contributed by atoms with Gasteiger partial charge in [0.1, 0.15) is 6.29 Å². The van der Waals surface area contributed by atoms with Crippen molar-refractivity contribution in [1.82, 2.24) is 0 Å². The van der Waals surface area contributed by atoms with E-state index in [1.807, 2.05) is 12.1 Å². The maximum atomic E-state index is 10.5. The third-order valence-electron chi connectivity index (χ3n) is 3.37. The number of hydrogen-bond acceptors (Lipinski definition) is 2. The minimum absolute atomic E-state index is 0.762. The molecule has 1 aromatic rings. The van der Waals surface area contributed by atoms with Gasteiger partial charge in [-0.25, -0.2) is 0 Å². The first-order chi connectivity index (χ1) is 6.86. The van der Waals surface area contributed by atoms with Crippen LogP contribution in [0.3, 0.4) is 0 Å². The largest absolute Gasteiger partial charge is 0.371 e. The van der Waals surface area contributed by atoms with Crippen LogP contribution in [0.25, 0.3) is 0 Å². The molecule has 2 atom stereocenters. The fraction of sp³-hybridized carbons (Fsp3) is 0.417. The van der Waals surface area contributed by atoms with Crippen LogP contribution < -0.4 is 4.90 Å². The molecular formula is C12H13NO. The lowest BCUT2D eigenvalue weighted by Crippen LogP contribution is -2.21. The van der Waals surface area contributed by atoms with Crippen molar-refractivity contribution in [1.29, 1.82) is 0 Å². The zero-order valence-corrected chi connectivity index (χ0v) is 8.02. The fourth-order valence-electron chi connectivity index (χ4n) is 2.37. The van der Waals surface area contributed by atoms with Crippen LogP contribution in [0.5, 0.6) is 0 Å². The normalized spacial score (nSPS) is 28.7. The van der Waals surface area contributed by atoms with E-state index in [2.05, 4.69) is 17.0 Å². The van der Waals surface area contributed by atoms with Gasteiger partial charge >= 0.3 is 0 Å². The summed E-state index contributed by atoms with van der Waals surface area (Å²) in [7, 11) is 0. The topological polar surface area (TPSA) is 20.3 Å². The highest BCUT2D eigenvalue weighted by Crippen LogP contribution is 2.46. The second-order valence-electron chi connectivity index (χ2n) is 4.37. The Bertz CT molecular complexity index is 347. The Morgan fingerprint density at radius 3 is 2.36 bits per heavy atom. The van der Waals surface area contributed by atoms with E-state index in [1.165, 1.54) is 25.2 Å². The molecule has 0 N–H and O–H groups in total. The van der Waals surface area contributed by atoms with Crippen LogP contribution in [-0.4, -0.2) is 19.4 Å². The Labute approximate surface area is 83.5 Å². The molecule has 0 radical (unpaired) electrons. The summed E-state index contributed by atoms with van der Waals surface area (Å²) in [6, 6.07) is 7.89. The first-order valence-electron chi connectivity index (χ1n) is 5.17. The van der Waals surface area contributed by atoms with Crippen molar-refractivity contribution in [3.63, 3.8) is 0 Å². The van der Waals surface area contributed by atoms with Crippen LogP contribution in [0.1, 0.15) is 16.8 Å². The summed E-state index contributed by atoms with van der Waals surface area (Å²) in [6.07, 6.45) is 2.33. The van der Waals surface area contributed by atoms with Crippen molar-refractivity contribution in [2.75, 3.05) is 18.0 Å². The molecular weight excluding hydrogens is 174 g/mol. The van der Waals surface area contributed by atoms with E-state index in [0.717, 1.165) is 23.7 Å². The van der Waals surface area contributed by atoms with Gasteiger partial charge in [0.05, 0.1) is 0 Å². The monoisotopic (exact) mass is 187 g/mol. The predicted octanol–water partition coefficient (Wildman–Crippen LogP) is 1.96. The van der Waals surface area contributed by atoms with Gasteiger partial charge in [-0.3, -0.25) is 4.79 Å². The molecule has 2 aliphatic rings. The number of anilines is 1. The highest BCUT2D eigenvalue weighted by atomic mass is 16.1. The summed E-state index contributed by atoms with van der Waals surface area (Å²) in [6.45, 7) is 2.43. The number of piperidine rings is 1. The molecule has 72 valence electrons. The predicted molar refractivity (Wildman–Crippen MR) is 55.6 cm³/mol. The quantitative estimate of drug-likeness (QED) is 0.660. The Balaban J connectivity index is 1.79. The van der Waals surface area contributed by atoms with Gasteiger partial charge in [-0.2, -0.15) is 0 Å². The minimum Gasteiger partial charge on any atom is -0.371 e. The number of carbonyl (C=O) groups excluding carboxylic acids is 1. The van der Waals surface area contributed by atoms with Crippen molar-refractivity contribution in [3.8, 4) is 0 Å². The Morgan fingerprint density at radius 2 is 1.79 bits per heavy atom. The first kappa shape index (κ1) is 8.04. The summed E-state index contributed by atoms with van der Waals surface area (Å²) in [5.74, 6) is 1.92. The molecule has 2 unspecified atom stereocenters. The molecule has 0 bridgehead atoms. The van der Waals surface area contributed by atoms with Gasteiger partial charge in [-0.05, 0) is 42.5 Å². The SMILES string of the molecule is O=Cc1ccc(N2CC3CC3C2)cc1. The van der Waals surface area contributed by atoms with E-state index in [1.54, 1.807) is 0 Å². The van der Waals surface area contributed by atoms with Crippen LogP contribution in [0.15, 0.2) is 24.3 Å². The average Bonchev–Trinajstić information content (AvgIpc) is 2.86. The summed E-state index contributed by atoms with van der Waals surface area (Å²) < 4.78 is 0. The van der Waals surface area contributed by atoms with E-state index in [-0.39, 0.29) is 0 Å². The number of aldehydes is 1. The minimum atomic E-state index is 0.762. The molecule has 0 amide bonds. The molecule has 14 heavy (non-hydrogen) atoms. The van der Waals surface area contributed by atoms with Crippen molar-refractivity contribution >= 4 is 12.0 Å². The number of benzene rings is 1. The molecule has 0 spiro atoms. The smallest absolute Gasteiger partial charge is 0.150 e. The van der Waals surface area contributed by atoms with Crippen LogP contribution in [0.4, 0.5) is 5.69 Å². The maximum Gasteiger partial charge on any atom is 0.150 e. The van der Waals surface area contributed by atoms with Gasteiger partial charge in [-0.1, -0.05) is 0 Å². The summed E-state index contributed by atoms with van der Waals surface area (Å²) in [5.41, 5.74) is 2.03. The number of rotatable bonds is 2. The van der Waals surface area contributed by atoms with Crippen LogP contribution in [0, 0.1) is 11.8 Å². The van der Waals surface area contributed by atoms with Crippen molar-refractivity contribution < 1.29 is 4.79 Å². The molecule has 1 aliphatic carbocycles. The maximum absolute atomic E-state index is 10.5. The van der Waals surface area contributed by atoms with Gasteiger partial charge < -0.3 is 4.90 Å². The lowest BCUT2D eigenvalue weighted by atomic mass is 10.2. The van der Waals surface area contributed by atoms with Crippen molar-refractivity contribution in [3.05, 3.63) is 29.8 Å². The molecule has 2 nitrogen and oxygen atoms in total. The molecule has 1 saturated heterocycles. The lowest BCUT2D eigenvalue weighted by Gasteiger charge is -2.19. The Kier molecular flexibility index (Phi) is 1.63. The van der Waals surface area contributed by atoms with Crippen LogP contribution >= 0.6 is 0 Å². The number of hydrogen-bond donors (Lipinski definition) is 0. The Hall–Kier alpha value is -1.31. The standard InChI is InChI=1S/C12H13NO/c14-8-9-1-3-12(4-2-9)13-6-10-5-11(10)7-13/h1-4,8,10-11H,5-7H2. The van der Waals surface area contributed by atoms with Gasteiger partial charge in [0.25, 0.3) is 0 Å². The molecule has 2 fully saturated rings. The van der Waals surface area contributed by atoms with Gasteiger partial charge in [0.15, 0.2) is 0 Å². The number of fused-ring (bicyclic) bond motifs is 1.